The fourth-order valence-electron chi connectivity index (χ4n) is 4.63. The van der Waals surface area contributed by atoms with E-state index in [1.807, 2.05) is 56.3 Å². The first-order chi connectivity index (χ1) is 17.8. The van der Waals surface area contributed by atoms with Crippen molar-refractivity contribution in [3.63, 3.8) is 0 Å². The number of nitrogens with one attached hydrogen (secondary N) is 1. The third-order valence-corrected chi connectivity index (χ3v) is 8.62. The topological polar surface area (TPSA) is 79.0 Å². The van der Waals surface area contributed by atoms with Crippen LogP contribution in [0.15, 0.2) is 65.6 Å². The molecule has 1 saturated heterocycles. The SMILES string of the molecule is CCc1cccc(CC)c1NC(=O)c1cc(S(=O)(=O)N2CCN(c3ccccc3OC)CC2)ccc1F. The zero-order valence-corrected chi connectivity index (χ0v) is 22.1. The molecule has 1 heterocycles. The molecule has 0 spiro atoms. The highest BCUT2D eigenvalue weighted by molar-refractivity contribution is 7.89. The number of rotatable bonds is 8. The summed E-state index contributed by atoms with van der Waals surface area (Å²) < 4.78 is 48.4. The fourth-order valence-corrected chi connectivity index (χ4v) is 6.08. The third kappa shape index (κ3) is 5.47. The van der Waals surface area contributed by atoms with Gasteiger partial charge in [0.15, 0.2) is 0 Å². The van der Waals surface area contributed by atoms with Gasteiger partial charge < -0.3 is 15.0 Å². The summed E-state index contributed by atoms with van der Waals surface area (Å²) >= 11 is 0. The molecule has 1 aliphatic heterocycles. The van der Waals surface area contributed by atoms with Crippen LogP contribution in [0.2, 0.25) is 0 Å². The molecule has 3 aromatic rings. The average molecular weight is 526 g/mol. The third-order valence-electron chi connectivity index (χ3n) is 6.72. The van der Waals surface area contributed by atoms with Crippen LogP contribution in [0.4, 0.5) is 15.8 Å². The van der Waals surface area contributed by atoms with Gasteiger partial charge in [0, 0.05) is 31.9 Å². The van der Waals surface area contributed by atoms with E-state index in [1.54, 1.807) is 7.11 Å². The van der Waals surface area contributed by atoms with Gasteiger partial charge in [-0.2, -0.15) is 4.31 Å². The maximum Gasteiger partial charge on any atom is 0.258 e. The fraction of sp³-hybridized carbons (Fsp3) is 0.321. The Kier molecular flexibility index (Phi) is 8.14. The molecule has 1 N–H and O–H groups in total. The van der Waals surface area contributed by atoms with E-state index in [0.29, 0.717) is 31.6 Å². The molecular weight excluding hydrogens is 493 g/mol. The number of amides is 1. The Bertz CT molecular complexity index is 1360. The van der Waals surface area contributed by atoms with Crippen molar-refractivity contribution in [3.8, 4) is 5.75 Å². The minimum Gasteiger partial charge on any atom is -0.495 e. The van der Waals surface area contributed by atoms with Gasteiger partial charge in [0.25, 0.3) is 5.91 Å². The number of nitrogens with zero attached hydrogens (tertiary/aromatic N) is 2. The predicted octanol–water partition coefficient (Wildman–Crippen LogP) is 4.72. The molecule has 9 heteroatoms. The molecule has 0 bridgehead atoms. The number of ether oxygens (including phenoxy) is 1. The first-order valence-electron chi connectivity index (χ1n) is 12.4. The van der Waals surface area contributed by atoms with Gasteiger partial charge in [-0.3, -0.25) is 4.79 Å². The van der Waals surface area contributed by atoms with Crippen LogP contribution in [0.5, 0.6) is 5.75 Å². The molecule has 37 heavy (non-hydrogen) atoms. The van der Waals surface area contributed by atoms with E-state index in [-0.39, 0.29) is 23.5 Å². The first kappa shape index (κ1) is 26.6. The van der Waals surface area contributed by atoms with E-state index >= 15 is 0 Å². The number of carbonyl (C=O) groups excluding carboxylic acids is 1. The highest BCUT2D eigenvalue weighted by Gasteiger charge is 2.30. The molecule has 1 aliphatic rings. The summed E-state index contributed by atoms with van der Waals surface area (Å²) in [4.78, 5) is 15.1. The van der Waals surface area contributed by atoms with Crippen LogP contribution in [0.1, 0.15) is 35.3 Å². The number of carbonyl (C=O) groups is 1. The Balaban J connectivity index is 1.54. The van der Waals surface area contributed by atoms with Crippen LogP contribution in [-0.4, -0.2) is 51.9 Å². The summed E-state index contributed by atoms with van der Waals surface area (Å²) in [5, 5.41) is 2.83. The van der Waals surface area contributed by atoms with Crippen LogP contribution in [0.25, 0.3) is 0 Å². The largest absolute Gasteiger partial charge is 0.495 e. The van der Waals surface area contributed by atoms with Crippen LogP contribution in [0, 0.1) is 5.82 Å². The van der Waals surface area contributed by atoms with Gasteiger partial charge in [0.2, 0.25) is 10.0 Å². The Morgan fingerprint density at radius 2 is 1.59 bits per heavy atom. The molecule has 0 aliphatic carbocycles. The summed E-state index contributed by atoms with van der Waals surface area (Å²) in [6, 6.07) is 16.7. The molecule has 0 atom stereocenters. The monoisotopic (exact) mass is 525 g/mol. The van der Waals surface area contributed by atoms with Gasteiger partial charge >= 0.3 is 0 Å². The lowest BCUT2D eigenvalue weighted by Gasteiger charge is -2.36. The van der Waals surface area contributed by atoms with Crippen LogP contribution in [-0.2, 0) is 22.9 Å². The van der Waals surface area contributed by atoms with Crippen LogP contribution < -0.4 is 15.0 Å². The molecule has 7 nitrogen and oxygen atoms in total. The zero-order chi connectivity index (χ0) is 26.6. The van der Waals surface area contributed by atoms with Crippen molar-refractivity contribution in [1.82, 2.24) is 4.31 Å². The molecule has 3 aromatic carbocycles. The van der Waals surface area contributed by atoms with Crippen molar-refractivity contribution in [2.24, 2.45) is 0 Å². The molecule has 196 valence electrons. The number of halogens is 1. The Labute approximate surface area is 217 Å². The summed E-state index contributed by atoms with van der Waals surface area (Å²) in [5.74, 6) is -0.723. The van der Waals surface area contributed by atoms with Crippen molar-refractivity contribution in [2.45, 2.75) is 31.6 Å². The quantitative estimate of drug-likeness (QED) is 0.460. The van der Waals surface area contributed by atoms with Crippen molar-refractivity contribution in [1.29, 1.82) is 0 Å². The lowest BCUT2D eigenvalue weighted by Crippen LogP contribution is -2.48. The minimum atomic E-state index is -3.93. The average Bonchev–Trinajstić information content (AvgIpc) is 2.93. The number of sulfonamides is 1. The van der Waals surface area contributed by atoms with Gasteiger partial charge in [0.05, 0.1) is 23.3 Å². The molecule has 0 saturated carbocycles. The van der Waals surface area contributed by atoms with E-state index in [4.69, 9.17) is 4.74 Å². The molecule has 1 amide bonds. The van der Waals surface area contributed by atoms with Crippen molar-refractivity contribution < 1.29 is 22.3 Å². The lowest BCUT2D eigenvalue weighted by atomic mass is 10.0. The number of para-hydroxylation sites is 3. The van der Waals surface area contributed by atoms with E-state index in [1.165, 1.54) is 10.4 Å². The molecular formula is C28H32FN3O4S. The number of hydrogen-bond donors (Lipinski definition) is 1. The Morgan fingerprint density at radius 3 is 2.22 bits per heavy atom. The molecule has 0 unspecified atom stereocenters. The Morgan fingerprint density at radius 1 is 0.946 bits per heavy atom. The second kappa shape index (κ2) is 11.3. The highest BCUT2D eigenvalue weighted by atomic mass is 32.2. The second-order valence-electron chi connectivity index (χ2n) is 8.82. The molecule has 0 aromatic heterocycles. The standard InChI is InChI=1S/C28H32FN3O4S/c1-4-20-9-8-10-21(5-2)27(20)30-28(33)23-19-22(13-14-24(23)29)37(34,35)32-17-15-31(16-18-32)25-11-6-7-12-26(25)36-3/h6-14,19H,4-5,15-18H2,1-3H3,(H,30,33). The van der Waals surface area contributed by atoms with Gasteiger partial charge in [-0.05, 0) is 54.3 Å². The molecule has 4 rings (SSSR count). The van der Waals surface area contributed by atoms with E-state index in [9.17, 15) is 17.6 Å². The minimum absolute atomic E-state index is 0.107. The predicted molar refractivity (Wildman–Crippen MR) is 144 cm³/mol. The van der Waals surface area contributed by atoms with Crippen molar-refractivity contribution >= 4 is 27.3 Å². The summed E-state index contributed by atoms with van der Waals surface area (Å²) in [7, 11) is -2.32. The maximum atomic E-state index is 14.7. The van der Waals surface area contributed by atoms with Gasteiger partial charge in [-0.1, -0.05) is 44.2 Å². The number of aryl methyl sites for hydroxylation is 2. The van der Waals surface area contributed by atoms with E-state index in [0.717, 1.165) is 34.7 Å². The van der Waals surface area contributed by atoms with Crippen LogP contribution in [0.3, 0.4) is 0 Å². The summed E-state index contributed by atoms with van der Waals surface area (Å²) in [6.07, 6.45) is 1.39. The smallest absolute Gasteiger partial charge is 0.258 e. The second-order valence-corrected chi connectivity index (χ2v) is 10.8. The maximum absolute atomic E-state index is 14.7. The Hall–Kier alpha value is -3.43. The first-order valence-corrected chi connectivity index (χ1v) is 13.8. The van der Waals surface area contributed by atoms with E-state index in [2.05, 4.69) is 10.2 Å². The van der Waals surface area contributed by atoms with Crippen molar-refractivity contribution in [2.75, 3.05) is 43.5 Å². The van der Waals surface area contributed by atoms with Crippen LogP contribution >= 0.6 is 0 Å². The summed E-state index contributed by atoms with van der Waals surface area (Å²) in [6.45, 7) is 5.41. The highest BCUT2D eigenvalue weighted by Crippen LogP contribution is 2.30. The number of benzene rings is 3. The number of methoxy groups -OCH3 is 1. The van der Waals surface area contributed by atoms with Gasteiger partial charge in [-0.15, -0.1) is 0 Å². The number of anilines is 2. The van der Waals surface area contributed by atoms with Gasteiger partial charge in [0.1, 0.15) is 11.6 Å². The molecule has 0 radical (unpaired) electrons. The zero-order valence-electron chi connectivity index (χ0n) is 21.3. The summed E-state index contributed by atoms with van der Waals surface area (Å²) in [5.41, 5.74) is 3.12. The van der Waals surface area contributed by atoms with Gasteiger partial charge in [-0.25, -0.2) is 12.8 Å². The number of hydrogen-bond acceptors (Lipinski definition) is 5. The lowest BCUT2D eigenvalue weighted by molar-refractivity contribution is 0.102. The normalized spacial score (nSPS) is 14.4. The number of piperazine rings is 1. The molecule has 1 fully saturated rings. The van der Waals surface area contributed by atoms with Crippen molar-refractivity contribution in [3.05, 3.63) is 83.2 Å². The van der Waals surface area contributed by atoms with E-state index < -0.39 is 21.7 Å².